The summed E-state index contributed by atoms with van der Waals surface area (Å²) in [5, 5.41) is 9.72. The Morgan fingerprint density at radius 1 is 1.04 bits per heavy atom. The first-order valence-corrected chi connectivity index (χ1v) is 7.56. The molecule has 7 heteroatoms. The van der Waals surface area contributed by atoms with Gasteiger partial charge in [0.05, 0.1) is 18.3 Å². The highest BCUT2D eigenvalue weighted by atomic mass is 35.5. The van der Waals surface area contributed by atoms with Gasteiger partial charge in [-0.15, -0.1) is 0 Å². The predicted octanol–water partition coefficient (Wildman–Crippen LogP) is 1.70. The zero-order valence-electron chi connectivity index (χ0n) is 12.3. The number of carbonyl (C=O) groups excluding carboxylic acids is 2. The summed E-state index contributed by atoms with van der Waals surface area (Å²) in [6, 6.07) is 6.79. The van der Waals surface area contributed by atoms with Gasteiger partial charge in [-0.2, -0.15) is 0 Å². The number of halogens is 1. The minimum Gasteiger partial charge on any atom is -0.481 e. The predicted molar refractivity (Wildman–Crippen MR) is 84.4 cm³/mol. The number of benzene rings is 1. The first kappa shape index (κ1) is 17.0. The van der Waals surface area contributed by atoms with Gasteiger partial charge in [-0.1, -0.05) is 35.9 Å². The van der Waals surface area contributed by atoms with Crippen LogP contribution in [-0.4, -0.2) is 22.9 Å². The average molecular weight is 337 g/mol. The number of carbonyl (C=O) groups is 3. The first-order chi connectivity index (χ1) is 11.0. The van der Waals surface area contributed by atoms with Crippen molar-refractivity contribution < 1.29 is 19.5 Å². The molecule has 0 bridgehead atoms. The van der Waals surface area contributed by atoms with E-state index in [1.165, 1.54) is 0 Å². The second-order valence-electron chi connectivity index (χ2n) is 5.33. The van der Waals surface area contributed by atoms with Gasteiger partial charge in [0.2, 0.25) is 11.8 Å². The molecule has 0 heterocycles. The number of hydrazine groups is 1. The molecule has 23 heavy (non-hydrogen) atoms. The van der Waals surface area contributed by atoms with Crippen molar-refractivity contribution in [3.8, 4) is 0 Å². The molecule has 1 aromatic rings. The van der Waals surface area contributed by atoms with E-state index in [-0.39, 0.29) is 12.3 Å². The van der Waals surface area contributed by atoms with Crippen LogP contribution in [0.5, 0.6) is 0 Å². The van der Waals surface area contributed by atoms with E-state index in [0.717, 1.165) is 5.56 Å². The van der Waals surface area contributed by atoms with Crippen molar-refractivity contribution >= 4 is 29.4 Å². The molecular weight excluding hydrogens is 320 g/mol. The zero-order valence-corrected chi connectivity index (χ0v) is 13.0. The number of carboxylic acid groups (broad SMARTS) is 1. The van der Waals surface area contributed by atoms with Crippen LogP contribution in [0.25, 0.3) is 0 Å². The highest BCUT2D eigenvalue weighted by Gasteiger charge is 2.34. The van der Waals surface area contributed by atoms with E-state index in [9.17, 15) is 14.4 Å². The van der Waals surface area contributed by atoms with Gasteiger partial charge in [0.15, 0.2) is 0 Å². The molecule has 2 amide bonds. The summed E-state index contributed by atoms with van der Waals surface area (Å²) in [6.07, 6.45) is 4.27. The molecular formula is C16H17ClN2O4. The number of hydrogen-bond donors (Lipinski definition) is 3. The Morgan fingerprint density at radius 2 is 1.65 bits per heavy atom. The topological polar surface area (TPSA) is 95.5 Å². The number of rotatable bonds is 4. The third-order valence-electron chi connectivity index (χ3n) is 3.69. The lowest BCUT2D eigenvalue weighted by molar-refractivity contribution is -0.147. The summed E-state index contributed by atoms with van der Waals surface area (Å²) in [5.41, 5.74) is 5.38. The van der Waals surface area contributed by atoms with Gasteiger partial charge < -0.3 is 5.11 Å². The van der Waals surface area contributed by atoms with Crippen LogP contribution in [0, 0.1) is 11.8 Å². The Hall–Kier alpha value is -2.34. The zero-order chi connectivity index (χ0) is 16.8. The van der Waals surface area contributed by atoms with Gasteiger partial charge in [0.25, 0.3) is 0 Å². The summed E-state index contributed by atoms with van der Waals surface area (Å²) in [6.45, 7) is 0. The molecule has 0 saturated carbocycles. The fourth-order valence-corrected chi connectivity index (χ4v) is 2.56. The largest absolute Gasteiger partial charge is 0.481 e. The average Bonchev–Trinajstić information content (AvgIpc) is 2.54. The van der Waals surface area contributed by atoms with Crippen molar-refractivity contribution in [1.29, 1.82) is 0 Å². The Kier molecular flexibility index (Phi) is 5.76. The molecule has 0 spiro atoms. The fraction of sp³-hybridized carbons (Fsp3) is 0.312. The molecule has 0 aliphatic heterocycles. The van der Waals surface area contributed by atoms with Gasteiger partial charge in [-0.25, -0.2) is 0 Å². The van der Waals surface area contributed by atoms with Crippen LogP contribution in [-0.2, 0) is 20.8 Å². The van der Waals surface area contributed by atoms with Crippen molar-refractivity contribution in [2.45, 2.75) is 19.3 Å². The molecule has 0 radical (unpaired) electrons. The third-order valence-corrected chi connectivity index (χ3v) is 3.94. The summed E-state index contributed by atoms with van der Waals surface area (Å²) in [5.74, 6) is -3.35. The number of hydrogen-bond acceptors (Lipinski definition) is 3. The van der Waals surface area contributed by atoms with E-state index in [0.29, 0.717) is 17.9 Å². The van der Waals surface area contributed by atoms with Gasteiger partial charge >= 0.3 is 5.97 Å². The molecule has 1 aromatic carbocycles. The summed E-state index contributed by atoms with van der Waals surface area (Å²) >= 11 is 5.77. The van der Waals surface area contributed by atoms with Crippen LogP contribution in [0.3, 0.4) is 0 Å². The van der Waals surface area contributed by atoms with Crippen LogP contribution in [0.15, 0.2) is 36.4 Å². The third kappa shape index (κ3) is 4.82. The number of carboxylic acids is 1. The molecule has 3 N–H and O–H groups in total. The van der Waals surface area contributed by atoms with Crippen molar-refractivity contribution in [1.82, 2.24) is 10.9 Å². The molecule has 0 fully saturated rings. The van der Waals surface area contributed by atoms with Crippen molar-refractivity contribution in [2.24, 2.45) is 11.8 Å². The summed E-state index contributed by atoms with van der Waals surface area (Å²) in [7, 11) is 0. The van der Waals surface area contributed by atoms with E-state index < -0.39 is 23.7 Å². The number of nitrogens with one attached hydrogen (secondary N) is 2. The second kappa shape index (κ2) is 7.78. The maximum absolute atomic E-state index is 12.1. The first-order valence-electron chi connectivity index (χ1n) is 7.18. The van der Waals surface area contributed by atoms with E-state index in [4.69, 9.17) is 16.7 Å². The summed E-state index contributed by atoms with van der Waals surface area (Å²) in [4.78, 5) is 35.0. The highest BCUT2D eigenvalue weighted by Crippen LogP contribution is 2.25. The smallest absolute Gasteiger partial charge is 0.307 e. The maximum atomic E-state index is 12.1. The summed E-state index contributed by atoms with van der Waals surface area (Å²) < 4.78 is 0. The standard InChI is InChI=1S/C16H17ClN2O4/c17-11-7-5-10(6-8-11)9-14(20)18-19-15(21)12-3-1-2-4-13(12)16(22)23/h1-2,5-8,12-13H,3-4,9H2,(H,18,20)(H,19,21)(H,22,23)/t12-,13-/m0/s1. The van der Waals surface area contributed by atoms with Crippen LogP contribution in [0.4, 0.5) is 0 Å². The van der Waals surface area contributed by atoms with Crippen LogP contribution < -0.4 is 10.9 Å². The lowest BCUT2D eigenvalue weighted by Crippen LogP contribution is -2.47. The maximum Gasteiger partial charge on any atom is 0.307 e. The molecule has 6 nitrogen and oxygen atoms in total. The lowest BCUT2D eigenvalue weighted by atomic mass is 9.82. The van der Waals surface area contributed by atoms with Crippen LogP contribution >= 0.6 is 11.6 Å². The number of allylic oxidation sites excluding steroid dienone is 2. The van der Waals surface area contributed by atoms with E-state index in [1.807, 2.05) is 0 Å². The lowest BCUT2D eigenvalue weighted by Gasteiger charge is -2.24. The molecule has 2 atom stereocenters. The second-order valence-corrected chi connectivity index (χ2v) is 5.77. The molecule has 2 rings (SSSR count). The Morgan fingerprint density at radius 3 is 2.26 bits per heavy atom. The Labute approximate surface area is 138 Å². The molecule has 1 aliphatic carbocycles. The van der Waals surface area contributed by atoms with Crippen LogP contribution in [0.2, 0.25) is 5.02 Å². The van der Waals surface area contributed by atoms with Gasteiger partial charge in [0.1, 0.15) is 0 Å². The molecule has 0 saturated heterocycles. The normalized spacial score (nSPS) is 19.9. The molecule has 122 valence electrons. The van der Waals surface area contributed by atoms with E-state index in [1.54, 1.807) is 36.4 Å². The SMILES string of the molecule is O=C(Cc1ccc(Cl)cc1)NNC(=O)[C@H]1CC=CC[C@@H]1C(=O)O. The van der Waals surface area contributed by atoms with E-state index >= 15 is 0 Å². The van der Waals surface area contributed by atoms with E-state index in [2.05, 4.69) is 10.9 Å². The number of aliphatic carboxylic acids is 1. The van der Waals surface area contributed by atoms with Crippen LogP contribution in [0.1, 0.15) is 18.4 Å². The fourth-order valence-electron chi connectivity index (χ4n) is 2.43. The number of amides is 2. The van der Waals surface area contributed by atoms with Gasteiger partial charge in [0, 0.05) is 5.02 Å². The monoisotopic (exact) mass is 336 g/mol. The minimum atomic E-state index is -1.01. The van der Waals surface area contributed by atoms with Gasteiger partial charge in [-0.3, -0.25) is 25.2 Å². The Balaban J connectivity index is 1.85. The molecule has 1 aliphatic rings. The Bertz CT molecular complexity index is 627. The van der Waals surface area contributed by atoms with Crippen molar-refractivity contribution in [2.75, 3.05) is 0 Å². The van der Waals surface area contributed by atoms with Gasteiger partial charge in [-0.05, 0) is 30.5 Å². The molecule has 0 unspecified atom stereocenters. The quantitative estimate of drug-likeness (QED) is 0.576. The highest BCUT2D eigenvalue weighted by molar-refractivity contribution is 6.30. The van der Waals surface area contributed by atoms with Crippen molar-refractivity contribution in [3.63, 3.8) is 0 Å². The van der Waals surface area contributed by atoms with Crippen molar-refractivity contribution in [3.05, 3.63) is 47.0 Å². The minimum absolute atomic E-state index is 0.0877. The molecule has 0 aromatic heterocycles.